The van der Waals surface area contributed by atoms with Crippen LogP contribution in [0.1, 0.15) is 35.6 Å². The van der Waals surface area contributed by atoms with Crippen LogP contribution in [0.15, 0.2) is 42.5 Å². The van der Waals surface area contributed by atoms with Crippen molar-refractivity contribution < 1.29 is 28.1 Å². The van der Waals surface area contributed by atoms with Gasteiger partial charge < -0.3 is 20.7 Å². The SMILES string of the molecule is CCc1ccc(CCOc2ccc(CCC(N)(CO)CO)cc2C(F)(F)F)cc1.Cl. The third-order valence-corrected chi connectivity index (χ3v) is 4.97. The van der Waals surface area contributed by atoms with Crippen molar-refractivity contribution in [3.05, 3.63) is 64.7 Å². The summed E-state index contributed by atoms with van der Waals surface area (Å²) >= 11 is 0. The fraction of sp³-hybridized carbons (Fsp3) is 0.455. The Morgan fingerprint density at radius 3 is 2.00 bits per heavy atom. The molecular formula is C22H29ClF3NO3. The predicted octanol–water partition coefficient (Wildman–Crippen LogP) is 3.93. The Balaban J connectivity index is 0.00000450. The second-order valence-electron chi connectivity index (χ2n) is 7.28. The van der Waals surface area contributed by atoms with Gasteiger partial charge in [0.05, 0.1) is 30.9 Å². The van der Waals surface area contributed by atoms with E-state index in [0.29, 0.717) is 12.0 Å². The summed E-state index contributed by atoms with van der Waals surface area (Å²) < 4.78 is 45.9. The molecule has 168 valence electrons. The third kappa shape index (κ3) is 7.47. The number of nitrogens with two attached hydrogens (primary N) is 1. The lowest BCUT2D eigenvalue weighted by Crippen LogP contribution is -2.47. The van der Waals surface area contributed by atoms with Crippen LogP contribution in [0.4, 0.5) is 13.2 Å². The molecule has 0 aliphatic rings. The van der Waals surface area contributed by atoms with E-state index in [1.807, 2.05) is 24.3 Å². The normalized spacial score (nSPS) is 11.8. The Morgan fingerprint density at radius 2 is 1.47 bits per heavy atom. The maximum Gasteiger partial charge on any atom is 0.419 e. The fourth-order valence-corrected chi connectivity index (χ4v) is 2.90. The Hall–Kier alpha value is -1.80. The molecule has 0 amide bonds. The molecule has 0 unspecified atom stereocenters. The monoisotopic (exact) mass is 447 g/mol. The molecule has 0 bridgehead atoms. The summed E-state index contributed by atoms with van der Waals surface area (Å²) in [5.74, 6) is -0.213. The first-order chi connectivity index (χ1) is 13.7. The largest absolute Gasteiger partial charge is 0.493 e. The maximum atomic E-state index is 13.5. The quantitative estimate of drug-likeness (QED) is 0.516. The van der Waals surface area contributed by atoms with Crippen molar-refractivity contribution in [1.29, 1.82) is 0 Å². The molecule has 30 heavy (non-hydrogen) atoms. The standard InChI is InChI=1S/C22H28F3NO3.ClH/c1-2-16-3-5-17(6-4-16)10-12-29-20-8-7-18(13-19(20)22(23,24)25)9-11-21(26,14-27)15-28;/h3-8,13,27-28H,2,9-12,14-15,26H2,1H3;1H. The molecule has 0 aliphatic heterocycles. The Labute approximate surface area is 181 Å². The van der Waals surface area contributed by atoms with E-state index in [9.17, 15) is 23.4 Å². The molecule has 2 aromatic rings. The Kier molecular flexibility index (Phi) is 10.1. The molecule has 0 spiro atoms. The van der Waals surface area contributed by atoms with Gasteiger partial charge in [-0.05, 0) is 48.1 Å². The summed E-state index contributed by atoms with van der Waals surface area (Å²) in [6.07, 6.45) is -2.76. The number of aryl methyl sites for hydroxylation is 2. The molecule has 0 saturated carbocycles. The second-order valence-corrected chi connectivity index (χ2v) is 7.28. The van der Waals surface area contributed by atoms with Crippen LogP contribution in [0, 0.1) is 0 Å². The lowest BCUT2D eigenvalue weighted by molar-refractivity contribution is -0.139. The number of alkyl halides is 3. The highest BCUT2D eigenvalue weighted by molar-refractivity contribution is 5.85. The van der Waals surface area contributed by atoms with E-state index < -0.39 is 30.5 Å². The summed E-state index contributed by atoms with van der Waals surface area (Å²) in [6, 6.07) is 11.8. The molecule has 0 aromatic heterocycles. The molecule has 4 N–H and O–H groups in total. The van der Waals surface area contributed by atoms with E-state index in [-0.39, 0.29) is 37.6 Å². The van der Waals surface area contributed by atoms with Crippen molar-refractivity contribution in [3.63, 3.8) is 0 Å². The smallest absolute Gasteiger partial charge is 0.419 e. The van der Waals surface area contributed by atoms with Crippen molar-refractivity contribution in [2.24, 2.45) is 5.73 Å². The van der Waals surface area contributed by atoms with Gasteiger partial charge in [-0.3, -0.25) is 0 Å². The maximum absolute atomic E-state index is 13.5. The minimum atomic E-state index is -4.55. The highest BCUT2D eigenvalue weighted by Crippen LogP contribution is 2.37. The van der Waals surface area contributed by atoms with Crippen LogP contribution in [-0.2, 0) is 25.4 Å². The number of benzene rings is 2. The van der Waals surface area contributed by atoms with E-state index in [1.54, 1.807) is 6.07 Å². The number of aliphatic hydroxyl groups is 2. The van der Waals surface area contributed by atoms with E-state index in [1.165, 1.54) is 11.6 Å². The zero-order valence-electron chi connectivity index (χ0n) is 16.9. The van der Waals surface area contributed by atoms with Gasteiger partial charge in [-0.15, -0.1) is 12.4 Å². The topological polar surface area (TPSA) is 75.7 Å². The number of halogens is 4. The van der Waals surface area contributed by atoms with Crippen LogP contribution in [-0.4, -0.2) is 35.6 Å². The lowest BCUT2D eigenvalue weighted by Gasteiger charge is -2.24. The summed E-state index contributed by atoms with van der Waals surface area (Å²) in [5.41, 5.74) is 6.34. The van der Waals surface area contributed by atoms with E-state index in [2.05, 4.69) is 6.92 Å². The van der Waals surface area contributed by atoms with Gasteiger partial charge in [-0.2, -0.15) is 13.2 Å². The van der Waals surface area contributed by atoms with Gasteiger partial charge in [-0.25, -0.2) is 0 Å². The van der Waals surface area contributed by atoms with Crippen molar-refractivity contribution in [3.8, 4) is 5.75 Å². The van der Waals surface area contributed by atoms with E-state index >= 15 is 0 Å². The first-order valence-corrected chi connectivity index (χ1v) is 9.62. The van der Waals surface area contributed by atoms with E-state index in [0.717, 1.165) is 18.1 Å². The predicted molar refractivity (Wildman–Crippen MR) is 113 cm³/mol. The number of ether oxygens (including phenoxy) is 1. The van der Waals surface area contributed by atoms with Crippen LogP contribution in [0.25, 0.3) is 0 Å². The number of hydrogen-bond acceptors (Lipinski definition) is 4. The van der Waals surface area contributed by atoms with Gasteiger partial charge in [0.15, 0.2) is 0 Å². The van der Waals surface area contributed by atoms with Gasteiger partial charge in [0.2, 0.25) is 0 Å². The minimum absolute atomic E-state index is 0. The average Bonchev–Trinajstić information content (AvgIpc) is 2.72. The fourth-order valence-electron chi connectivity index (χ4n) is 2.90. The van der Waals surface area contributed by atoms with Crippen molar-refractivity contribution >= 4 is 12.4 Å². The first kappa shape index (κ1) is 26.2. The summed E-state index contributed by atoms with van der Waals surface area (Å²) in [7, 11) is 0. The van der Waals surface area contributed by atoms with Gasteiger partial charge in [-0.1, -0.05) is 37.3 Å². The Bertz CT molecular complexity index is 778. The molecular weight excluding hydrogens is 419 g/mol. The third-order valence-electron chi connectivity index (χ3n) is 4.97. The van der Waals surface area contributed by atoms with Gasteiger partial charge in [0.25, 0.3) is 0 Å². The van der Waals surface area contributed by atoms with Gasteiger partial charge in [0.1, 0.15) is 5.75 Å². The minimum Gasteiger partial charge on any atom is -0.493 e. The van der Waals surface area contributed by atoms with Crippen molar-refractivity contribution in [2.45, 2.75) is 44.3 Å². The highest BCUT2D eigenvalue weighted by atomic mass is 35.5. The molecule has 0 atom stereocenters. The molecule has 2 rings (SSSR count). The van der Waals surface area contributed by atoms with Crippen LogP contribution >= 0.6 is 12.4 Å². The van der Waals surface area contributed by atoms with Crippen LogP contribution < -0.4 is 10.5 Å². The summed E-state index contributed by atoms with van der Waals surface area (Å²) in [4.78, 5) is 0. The average molecular weight is 448 g/mol. The second kappa shape index (κ2) is 11.6. The molecule has 0 fully saturated rings. The summed E-state index contributed by atoms with van der Waals surface area (Å²) in [5, 5.41) is 18.5. The molecule has 0 saturated heterocycles. The lowest BCUT2D eigenvalue weighted by atomic mass is 9.93. The van der Waals surface area contributed by atoms with Crippen LogP contribution in [0.3, 0.4) is 0 Å². The zero-order chi connectivity index (χ0) is 21.5. The van der Waals surface area contributed by atoms with Crippen molar-refractivity contribution in [2.75, 3.05) is 19.8 Å². The van der Waals surface area contributed by atoms with Gasteiger partial charge >= 0.3 is 6.18 Å². The van der Waals surface area contributed by atoms with Crippen LogP contribution in [0.5, 0.6) is 5.75 Å². The molecule has 2 aromatic carbocycles. The van der Waals surface area contributed by atoms with Crippen molar-refractivity contribution in [1.82, 2.24) is 0 Å². The van der Waals surface area contributed by atoms with E-state index in [4.69, 9.17) is 10.5 Å². The molecule has 0 heterocycles. The molecule has 8 heteroatoms. The molecule has 0 radical (unpaired) electrons. The number of aliphatic hydroxyl groups excluding tert-OH is 2. The molecule has 4 nitrogen and oxygen atoms in total. The van der Waals surface area contributed by atoms with Crippen LogP contribution in [0.2, 0.25) is 0 Å². The number of rotatable bonds is 10. The first-order valence-electron chi connectivity index (χ1n) is 9.62. The molecule has 0 aliphatic carbocycles. The zero-order valence-corrected chi connectivity index (χ0v) is 17.7. The highest BCUT2D eigenvalue weighted by Gasteiger charge is 2.35. The Morgan fingerprint density at radius 1 is 0.900 bits per heavy atom. The van der Waals surface area contributed by atoms with Gasteiger partial charge in [0, 0.05) is 6.42 Å². The summed E-state index contributed by atoms with van der Waals surface area (Å²) in [6.45, 7) is 1.29. The number of hydrogen-bond donors (Lipinski definition) is 3.